The number of aromatic nitrogens is 1. The zero-order valence-corrected chi connectivity index (χ0v) is 14.3. The summed E-state index contributed by atoms with van der Waals surface area (Å²) in [6.07, 6.45) is 5.60. The topological polar surface area (TPSA) is 68.0 Å². The van der Waals surface area contributed by atoms with Crippen molar-refractivity contribution >= 4 is 17.2 Å². The number of nitrogens with two attached hydrogens (primary N) is 1. The Labute approximate surface area is 141 Å². The molecule has 1 unspecified atom stereocenters. The first kappa shape index (κ1) is 16.1. The fraction of sp³-hybridized carbons (Fsp3) is 0.444. The maximum atomic E-state index is 12.3. The maximum Gasteiger partial charge on any atom is 0.271 e. The first-order chi connectivity index (χ1) is 11.2. The molecule has 4 nitrogen and oxygen atoms in total. The van der Waals surface area contributed by atoms with Crippen molar-refractivity contribution in [3.05, 3.63) is 51.0 Å². The molecule has 0 bridgehead atoms. The van der Waals surface area contributed by atoms with E-state index in [4.69, 9.17) is 5.73 Å². The second kappa shape index (κ2) is 7.23. The number of fused-ring (bicyclic) bond motifs is 1. The van der Waals surface area contributed by atoms with Crippen molar-refractivity contribution in [3.63, 3.8) is 0 Å². The Hall–Kier alpha value is -1.72. The van der Waals surface area contributed by atoms with Gasteiger partial charge in [0.15, 0.2) is 0 Å². The fourth-order valence-corrected chi connectivity index (χ4v) is 3.82. The number of rotatable bonds is 5. The minimum absolute atomic E-state index is 0.0191. The van der Waals surface area contributed by atoms with E-state index < -0.39 is 0 Å². The molecule has 1 aliphatic carbocycles. The van der Waals surface area contributed by atoms with Gasteiger partial charge in [0.05, 0.1) is 11.0 Å². The van der Waals surface area contributed by atoms with E-state index >= 15 is 0 Å². The number of aryl methyl sites for hydroxylation is 2. The molecule has 1 heterocycles. The van der Waals surface area contributed by atoms with E-state index in [1.165, 1.54) is 41.7 Å². The van der Waals surface area contributed by atoms with Crippen LogP contribution in [-0.2, 0) is 19.3 Å². The van der Waals surface area contributed by atoms with Crippen LogP contribution in [0.4, 0.5) is 0 Å². The van der Waals surface area contributed by atoms with E-state index in [-0.39, 0.29) is 11.9 Å². The monoisotopic (exact) mass is 329 g/mol. The second-order valence-corrected chi connectivity index (χ2v) is 7.04. The summed E-state index contributed by atoms with van der Waals surface area (Å²) < 4.78 is 0. The quantitative estimate of drug-likeness (QED) is 0.886. The molecule has 1 amide bonds. The van der Waals surface area contributed by atoms with Crippen LogP contribution in [0.5, 0.6) is 0 Å². The number of carbonyl (C=O) groups is 1. The summed E-state index contributed by atoms with van der Waals surface area (Å²) in [4.78, 5) is 16.7. The van der Waals surface area contributed by atoms with E-state index in [0.29, 0.717) is 12.2 Å². The highest BCUT2D eigenvalue weighted by molar-refractivity contribution is 7.09. The average Bonchev–Trinajstić information content (AvgIpc) is 3.03. The number of benzene rings is 1. The fourth-order valence-electron chi connectivity index (χ4n) is 3.03. The van der Waals surface area contributed by atoms with Gasteiger partial charge < -0.3 is 11.1 Å². The van der Waals surface area contributed by atoms with Crippen LogP contribution >= 0.6 is 11.3 Å². The van der Waals surface area contributed by atoms with Gasteiger partial charge in [-0.3, -0.25) is 4.79 Å². The van der Waals surface area contributed by atoms with Gasteiger partial charge >= 0.3 is 0 Å². The Bertz CT molecular complexity index is 695. The van der Waals surface area contributed by atoms with Crippen molar-refractivity contribution in [2.24, 2.45) is 5.73 Å². The third-order valence-electron chi connectivity index (χ3n) is 4.36. The lowest BCUT2D eigenvalue weighted by Crippen LogP contribution is -2.27. The number of hydrogen-bond acceptors (Lipinski definition) is 4. The van der Waals surface area contributed by atoms with Crippen molar-refractivity contribution in [1.29, 1.82) is 0 Å². The van der Waals surface area contributed by atoms with Crippen molar-refractivity contribution < 1.29 is 4.79 Å². The molecule has 3 N–H and O–H groups in total. The first-order valence-electron chi connectivity index (χ1n) is 8.24. The highest BCUT2D eigenvalue weighted by Gasteiger charge is 2.16. The van der Waals surface area contributed by atoms with Crippen molar-refractivity contribution in [2.45, 2.75) is 45.1 Å². The predicted molar refractivity (Wildman–Crippen MR) is 93.8 cm³/mol. The van der Waals surface area contributed by atoms with Crippen molar-refractivity contribution in [3.8, 4) is 0 Å². The molecule has 0 radical (unpaired) electrons. The maximum absolute atomic E-state index is 12.3. The molecule has 122 valence electrons. The predicted octanol–water partition coefficient (Wildman–Crippen LogP) is 3.01. The Morgan fingerprint density at radius 2 is 2.13 bits per heavy atom. The van der Waals surface area contributed by atoms with Gasteiger partial charge in [-0.2, -0.15) is 0 Å². The van der Waals surface area contributed by atoms with Crippen LogP contribution in [0.2, 0.25) is 0 Å². The standard InChI is InChI=1S/C18H23N3OS/c1-12(14-7-6-13-4-2-3-5-15(13)10-14)20-18(22)16-11-23-17(21-16)8-9-19/h6-7,10-12H,2-5,8-9,19H2,1H3,(H,20,22). The molecule has 0 fully saturated rings. The van der Waals surface area contributed by atoms with Crippen LogP contribution in [0.25, 0.3) is 0 Å². The van der Waals surface area contributed by atoms with Gasteiger partial charge in [-0.05, 0) is 55.8 Å². The number of nitrogens with zero attached hydrogens (tertiary/aromatic N) is 1. The molecular weight excluding hydrogens is 306 g/mol. The molecule has 0 saturated heterocycles. The molecule has 3 rings (SSSR count). The number of carbonyl (C=O) groups excluding carboxylic acids is 1. The summed E-state index contributed by atoms with van der Waals surface area (Å²) in [5.74, 6) is -0.116. The van der Waals surface area contributed by atoms with Gasteiger partial charge in [-0.1, -0.05) is 18.2 Å². The van der Waals surface area contributed by atoms with Crippen LogP contribution in [-0.4, -0.2) is 17.4 Å². The van der Waals surface area contributed by atoms with Crippen LogP contribution in [0.15, 0.2) is 23.6 Å². The van der Waals surface area contributed by atoms with Gasteiger partial charge in [0.1, 0.15) is 5.69 Å². The minimum atomic E-state index is -0.116. The minimum Gasteiger partial charge on any atom is -0.344 e. The van der Waals surface area contributed by atoms with E-state index in [1.807, 2.05) is 6.92 Å². The summed E-state index contributed by atoms with van der Waals surface area (Å²) in [5.41, 5.74) is 10.1. The number of thiazole rings is 1. The number of nitrogens with one attached hydrogen (secondary N) is 1. The molecule has 2 aromatic rings. The Morgan fingerprint density at radius 1 is 1.35 bits per heavy atom. The SMILES string of the molecule is CC(NC(=O)c1csc(CCN)n1)c1ccc2c(c1)CCCC2. The Balaban J connectivity index is 1.68. The van der Waals surface area contributed by atoms with Crippen LogP contribution < -0.4 is 11.1 Å². The van der Waals surface area contributed by atoms with Crippen molar-refractivity contribution in [1.82, 2.24) is 10.3 Å². The Kier molecular flexibility index (Phi) is 5.08. The van der Waals surface area contributed by atoms with E-state index in [0.717, 1.165) is 23.4 Å². The first-order valence-corrected chi connectivity index (χ1v) is 9.12. The number of hydrogen-bond donors (Lipinski definition) is 2. The molecule has 1 atom stereocenters. The van der Waals surface area contributed by atoms with Crippen LogP contribution in [0, 0.1) is 0 Å². The van der Waals surface area contributed by atoms with E-state index in [9.17, 15) is 4.79 Å². The highest BCUT2D eigenvalue weighted by atomic mass is 32.1. The lowest BCUT2D eigenvalue weighted by atomic mass is 9.89. The molecule has 1 aliphatic rings. The third kappa shape index (κ3) is 3.79. The Morgan fingerprint density at radius 3 is 2.91 bits per heavy atom. The molecule has 0 spiro atoms. The van der Waals surface area contributed by atoms with Crippen LogP contribution in [0.3, 0.4) is 0 Å². The molecule has 0 aliphatic heterocycles. The van der Waals surface area contributed by atoms with Gasteiger partial charge in [0.2, 0.25) is 0 Å². The average molecular weight is 329 g/mol. The number of amides is 1. The molecular formula is C18H23N3OS. The molecule has 0 saturated carbocycles. The molecule has 1 aromatic heterocycles. The van der Waals surface area contributed by atoms with Gasteiger partial charge in [0.25, 0.3) is 5.91 Å². The van der Waals surface area contributed by atoms with Crippen LogP contribution in [0.1, 0.15) is 58.0 Å². The third-order valence-corrected chi connectivity index (χ3v) is 5.27. The zero-order chi connectivity index (χ0) is 16.2. The van der Waals surface area contributed by atoms with E-state index in [2.05, 4.69) is 28.5 Å². The summed E-state index contributed by atoms with van der Waals surface area (Å²) in [6.45, 7) is 2.58. The molecule has 5 heteroatoms. The molecule has 1 aromatic carbocycles. The lowest BCUT2D eigenvalue weighted by Gasteiger charge is -2.19. The zero-order valence-electron chi connectivity index (χ0n) is 13.5. The smallest absolute Gasteiger partial charge is 0.271 e. The normalized spacial score (nSPS) is 15.0. The van der Waals surface area contributed by atoms with Gasteiger partial charge in [-0.25, -0.2) is 4.98 Å². The molecule has 23 heavy (non-hydrogen) atoms. The second-order valence-electron chi connectivity index (χ2n) is 6.10. The van der Waals surface area contributed by atoms with E-state index in [1.54, 1.807) is 5.38 Å². The summed E-state index contributed by atoms with van der Waals surface area (Å²) in [5, 5.41) is 5.77. The largest absolute Gasteiger partial charge is 0.344 e. The summed E-state index contributed by atoms with van der Waals surface area (Å²) in [7, 11) is 0. The lowest BCUT2D eigenvalue weighted by molar-refractivity contribution is 0.0935. The summed E-state index contributed by atoms with van der Waals surface area (Å²) >= 11 is 1.49. The highest BCUT2D eigenvalue weighted by Crippen LogP contribution is 2.25. The van der Waals surface area contributed by atoms with Crippen molar-refractivity contribution in [2.75, 3.05) is 6.54 Å². The van der Waals surface area contributed by atoms with Gasteiger partial charge in [-0.15, -0.1) is 11.3 Å². The summed E-state index contributed by atoms with van der Waals surface area (Å²) in [6, 6.07) is 6.58. The van der Waals surface area contributed by atoms with Gasteiger partial charge in [0, 0.05) is 11.8 Å².